The summed E-state index contributed by atoms with van der Waals surface area (Å²) in [6, 6.07) is 5.83. The number of esters is 1. The van der Waals surface area contributed by atoms with Crippen LogP contribution in [-0.4, -0.2) is 24.7 Å². The molecule has 2 heterocycles. The van der Waals surface area contributed by atoms with Gasteiger partial charge in [0.05, 0.1) is 29.5 Å². The lowest BCUT2D eigenvalue weighted by Gasteiger charge is -2.18. The molecule has 1 aliphatic carbocycles. The summed E-state index contributed by atoms with van der Waals surface area (Å²) in [5.74, 6) is 1.22. The quantitative estimate of drug-likeness (QED) is 0.578. The molecule has 142 valence electrons. The van der Waals surface area contributed by atoms with Crippen LogP contribution in [0.2, 0.25) is 0 Å². The van der Waals surface area contributed by atoms with Crippen LogP contribution in [0.3, 0.4) is 0 Å². The second-order valence-corrected chi connectivity index (χ2v) is 8.89. The van der Waals surface area contributed by atoms with E-state index in [2.05, 4.69) is 17.2 Å². The standard InChI is InChI=1S/C20H22N2O3S2/c1-4-25-19(23)17-13-7-5-11(2)9-15(13)26-18(17)22-20-21-14-8-6-12(24-3)10-16(14)27-20/h6,8,10-11H,4-5,7,9H2,1-3H3,(H,21,22). The van der Waals surface area contributed by atoms with Crippen molar-refractivity contribution < 1.29 is 14.3 Å². The Labute approximate surface area is 166 Å². The maximum Gasteiger partial charge on any atom is 0.341 e. The first-order valence-corrected chi connectivity index (χ1v) is 10.8. The number of nitrogens with one attached hydrogen (secondary N) is 1. The minimum absolute atomic E-state index is 0.241. The van der Waals surface area contributed by atoms with Gasteiger partial charge in [0.15, 0.2) is 5.13 Å². The van der Waals surface area contributed by atoms with Gasteiger partial charge in [-0.1, -0.05) is 18.3 Å². The van der Waals surface area contributed by atoms with Gasteiger partial charge in [-0.05, 0) is 55.9 Å². The highest BCUT2D eigenvalue weighted by molar-refractivity contribution is 7.23. The SMILES string of the molecule is CCOC(=O)c1c(Nc2nc3ccc(OC)cc3s2)sc2c1CCC(C)C2. The lowest BCUT2D eigenvalue weighted by atomic mass is 9.88. The number of fused-ring (bicyclic) bond motifs is 2. The molecular formula is C20H22N2O3S2. The first-order valence-electron chi connectivity index (χ1n) is 9.12. The summed E-state index contributed by atoms with van der Waals surface area (Å²) < 4.78 is 11.7. The van der Waals surface area contributed by atoms with E-state index in [0.29, 0.717) is 18.1 Å². The Balaban J connectivity index is 1.71. The highest BCUT2D eigenvalue weighted by Gasteiger charge is 2.28. The Bertz CT molecular complexity index is 993. The summed E-state index contributed by atoms with van der Waals surface area (Å²) >= 11 is 3.22. The number of carbonyl (C=O) groups excluding carboxylic acids is 1. The predicted octanol–water partition coefficient (Wildman–Crippen LogP) is 5.41. The van der Waals surface area contributed by atoms with Crippen molar-refractivity contribution in [3.63, 3.8) is 0 Å². The Morgan fingerprint density at radius 1 is 1.37 bits per heavy atom. The average molecular weight is 403 g/mol. The third-order valence-electron chi connectivity index (χ3n) is 4.81. The highest BCUT2D eigenvalue weighted by Crippen LogP contribution is 2.42. The van der Waals surface area contributed by atoms with Crippen LogP contribution in [0, 0.1) is 5.92 Å². The number of hydrogen-bond donors (Lipinski definition) is 1. The van der Waals surface area contributed by atoms with Crippen molar-refractivity contribution in [3.8, 4) is 5.75 Å². The van der Waals surface area contributed by atoms with E-state index in [-0.39, 0.29) is 5.97 Å². The lowest BCUT2D eigenvalue weighted by Crippen LogP contribution is -2.14. The van der Waals surface area contributed by atoms with Crippen molar-refractivity contribution in [1.29, 1.82) is 0 Å². The van der Waals surface area contributed by atoms with Gasteiger partial charge in [0.1, 0.15) is 10.8 Å². The number of aromatic nitrogens is 1. The summed E-state index contributed by atoms with van der Waals surface area (Å²) in [7, 11) is 1.66. The van der Waals surface area contributed by atoms with Crippen LogP contribution < -0.4 is 10.1 Å². The van der Waals surface area contributed by atoms with Gasteiger partial charge in [0.25, 0.3) is 0 Å². The van der Waals surface area contributed by atoms with Crippen molar-refractivity contribution in [1.82, 2.24) is 4.98 Å². The zero-order valence-electron chi connectivity index (χ0n) is 15.6. The van der Waals surface area contributed by atoms with Crippen molar-refractivity contribution >= 4 is 49.0 Å². The van der Waals surface area contributed by atoms with Crippen LogP contribution in [0.5, 0.6) is 5.75 Å². The molecule has 0 saturated carbocycles. The Morgan fingerprint density at radius 3 is 3.00 bits per heavy atom. The van der Waals surface area contributed by atoms with Crippen LogP contribution >= 0.6 is 22.7 Å². The maximum absolute atomic E-state index is 12.6. The largest absolute Gasteiger partial charge is 0.497 e. The summed E-state index contributed by atoms with van der Waals surface area (Å²) in [5.41, 5.74) is 2.76. The van der Waals surface area contributed by atoms with Crippen LogP contribution in [0.25, 0.3) is 10.2 Å². The molecule has 0 fully saturated rings. The minimum Gasteiger partial charge on any atom is -0.497 e. The third kappa shape index (κ3) is 3.53. The van der Waals surface area contributed by atoms with Gasteiger partial charge in [0, 0.05) is 4.88 Å². The zero-order chi connectivity index (χ0) is 19.0. The van der Waals surface area contributed by atoms with Crippen molar-refractivity contribution in [2.75, 3.05) is 19.0 Å². The van der Waals surface area contributed by atoms with E-state index < -0.39 is 0 Å². The van der Waals surface area contributed by atoms with Crippen LogP contribution in [-0.2, 0) is 17.6 Å². The molecule has 0 amide bonds. The first kappa shape index (κ1) is 18.3. The fraction of sp³-hybridized carbons (Fsp3) is 0.400. The number of benzene rings is 1. The molecule has 3 aromatic rings. The number of hydrogen-bond acceptors (Lipinski definition) is 7. The van der Waals surface area contributed by atoms with E-state index in [1.165, 1.54) is 4.88 Å². The number of carbonyl (C=O) groups is 1. The van der Waals surface area contributed by atoms with E-state index in [4.69, 9.17) is 9.47 Å². The van der Waals surface area contributed by atoms with Crippen molar-refractivity contribution in [2.45, 2.75) is 33.1 Å². The molecule has 0 radical (unpaired) electrons. The van der Waals surface area contributed by atoms with Crippen molar-refractivity contribution in [2.24, 2.45) is 5.92 Å². The number of anilines is 2. The van der Waals surface area contributed by atoms with Gasteiger partial charge >= 0.3 is 5.97 Å². The molecule has 5 nitrogen and oxygen atoms in total. The van der Waals surface area contributed by atoms with E-state index >= 15 is 0 Å². The maximum atomic E-state index is 12.6. The molecule has 0 aliphatic heterocycles. The predicted molar refractivity (Wildman–Crippen MR) is 111 cm³/mol. The topological polar surface area (TPSA) is 60.5 Å². The molecule has 1 aromatic carbocycles. The molecule has 1 atom stereocenters. The molecule has 1 unspecified atom stereocenters. The Kier molecular flexibility index (Phi) is 5.06. The molecule has 2 aromatic heterocycles. The summed E-state index contributed by atoms with van der Waals surface area (Å²) in [5, 5.41) is 5.01. The smallest absolute Gasteiger partial charge is 0.341 e. The van der Waals surface area contributed by atoms with Crippen molar-refractivity contribution in [3.05, 3.63) is 34.2 Å². The van der Waals surface area contributed by atoms with Crippen LogP contribution in [0.15, 0.2) is 18.2 Å². The molecule has 1 aliphatic rings. The molecule has 0 saturated heterocycles. The van der Waals surface area contributed by atoms with E-state index in [1.54, 1.807) is 29.8 Å². The minimum atomic E-state index is -0.241. The van der Waals surface area contributed by atoms with E-state index in [1.807, 2.05) is 25.1 Å². The molecule has 0 spiro atoms. The van der Waals surface area contributed by atoms with Gasteiger partial charge in [-0.3, -0.25) is 0 Å². The second kappa shape index (κ2) is 7.48. The number of nitrogens with zero attached hydrogens (tertiary/aromatic N) is 1. The normalized spacial score (nSPS) is 16.2. The summed E-state index contributed by atoms with van der Waals surface area (Å²) in [6.07, 6.45) is 3.06. The van der Waals surface area contributed by atoms with Gasteiger partial charge in [-0.25, -0.2) is 9.78 Å². The Hall–Kier alpha value is -2.12. The van der Waals surface area contributed by atoms with E-state index in [9.17, 15) is 4.79 Å². The second-order valence-electron chi connectivity index (χ2n) is 6.75. The molecule has 27 heavy (non-hydrogen) atoms. The van der Waals surface area contributed by atoms with Gasteiger partial charge in [-0.2, -0.15) is 0 Å². The lowest BCUT2D eigenvalue weighted by molar-refractivity contribution is 0.0526. The summed E-state index contributed by atoms with van der Waals surface area (Å²) in [4.78, 5) is 18.6. The number of methoxy groups -OCH3 is 1. The Morgan fingerprint density at radius 2 is 2.22 bits per heavy atom. The number of rotatable bonds is 5. The fourth-order valence-corrected chi connectivity index (χ4v) is 5.80. The number of thiophene rings is 1. The molecular weight excluding hydrogens is 380 g/mol. The molecule has 1 N–H and O–H groups in total. The van der Waals surface area contributed by atoms with Gasteiger partial charge in [0.2, 0.25) is 0 Å². The molecule has 0 bridgehead atoms. The number of ether oxygens (including phenoxy) is 2. The highest BCUT2D eigenvalue weighted by atomic mass is 32.1. The molecule has 4 rings (SSSR count). The zero-order valence-corrected chi connectivity index (χ0v) is 17.3. The number of thiazole rings is 1. The molecule has 7 heteroatoms. The fourth-order valence-electron chi connectivity index (χ4n) is 3.44. The van der Waals surface area contributed by atoms with E-state index in [0.717, 1.165) is 50.9 Å². The van der Waals surface area contributed by atoms with Gasteiger partial charge < -0.3 is 14.8 Å². The van der Waals surface area contributed by atoms with Gasteiger partial charge in [-0.15, -0.1) is 11.3 Å². The average Bonchev–Trinajstić information content (AvgIpc) is 3.20. The first-order chi connectivity index (χ1) is 13.1. The van der Waals surface area contributed by atoms with Crippen LogP contribution in [0.4, 0.5) is 10.1 Å². The summed E-state index contributed by atoms with van der Waals surface area (Å²) in [6.45, 7) is 4.48. The monoisotopic (exact) mass is 402 g/mol. The van der Waals surface area contributed by atoms with Crippen LogP contribution in [0.1, 0.15) is 41.1 Å². The third-order valence-corrected chi connectivity index (χ3v) is 6.91.